The molecule has 0 spiro atoms. The second-order valence-electron chi connectivity index (χ2n) is 16.9. The molecule has 0 aliphatic rings. The number of benzene rings is 8. The van der Waals surface area contributed by atoms with Crippen molar-refractivity contribution >= 4 is 72.5 Å². The van der Waals surface area contributed by atoms with Crippen LogP contribution in [-0.2, 0) is 10.8 Å². The van der Waals surface area contributed by atoms with Crippen molar-refractivity contribution in [3.05, 3.63) is 192 Å². The minimum atomic E-state index is -0.132. The summed E-state index contributed by atoms with van der Waals surface area (Å²) in [5.74, 6) is 0. The van der Waals surface area contributed by atoms with E-state index in [0.29, 0.717) is 5.56 Å². The highest BCUT2D eigenvalue weighted by Crippen LogP contribution is 2.44. The summed E-state index contributed by atoms with van der Waals surface area (Å²) in [6.45, 7) is 13.6. The molecule has 1 heterocycles. The van der Waals surface area contributed by atoms with Crippen molar-refractivity contribution < 1.29 is 2.74 Å². The fourth-order valence-electron chi connectivity index (χ4n) is 8.69. The SMILES string of the molecule is [2H]/C(=C(/[2H])c1ccc2c(C(C)(C)C)c3ccccc3c(C(C)(C)C)c2c1)c1ccc(N(c2ccccc2)c2ccc3c(c2)c2ccccc2n3-c2ccccc2)cc1. The number of nitrogens with zero attached hydrogens (tertiary/aromatic N) is 2. The Bertz CT molecular complexity index is 3020. The van der Waals surface area contributed by atoms with Gasteiger partial charge in [0.05, 0.1) is 13.8 Å². The van der Waals surface area contributed by atoms with Gasteiger partial charge in [0, 0.05) is 33.5 Å². The van der Waals surface area contributed by atoms with E-state index in [1.165, 1.54) is 43.6 Å². The van der Waals surface area contributed by atoms with Crippen LogP contribution in [0.1, 0.15) is 66.5 Å². The molecule has 0 aliphatic carbocycles. The Hall–Kier alpha value is -6.38. The van der Waals surface area contributed by atoms with Gasteiger partial charge in [0.2, 0.25) is 0 Å². The lowest BCUT2D eigenvalue weighted by Crippen LogP contribution is -2.17. The van der Waals surface area contributed by atoms with Crippen molar-refractivity contribution in [1.82, 2.24) is 4.57 Å². The molecule has 274 valence electrons. The largest absolute Gasteiger partial charge is 0.310 e. The van der Waals surface area contributed by atoms with E-state index in [-0.39, 0.29) is 22.9 Å². The zero-order chi connectivity index (χ0) is 40.3. The first-order valence-electron chi connectivity index (χ1n) is 20.6. The minimum Gasteiger partial charge on any atom is -0.310 e. The van der Waals surface area contributed by atoms with Crippen LogP contribution in [0.5, 0.6) is 0 Å². The van der Waals surface area contributed by atoms with Crippen LogP contribution in [0.4, 0.5) is 17.1 Å². The van der Waals surface area contributed by atoms with Crippen LogP contribution in [0.3, 0.4) is 0 Å². The van der Waals surface area contributed by atoms with E-state index in [9.17, 15) is 2.74 Å². The quantitative estimate of drug-likeness (QED) is 0.122. The summed E-state index contributed by atoms with van der Waals surface area (Å²) in [4.78, 5) is 2.27. The molecule has 1 aromatic heterocycles. The van der Waals surface area contributed by atoms with Gasteiger partial charge in [0.15, 0.2) is 0 Å². The van der Waals surface area contributed by atoms with Crippen LogP contribution in [0, 0.1) is 0 Å². The van der Waals surface area contributed by atoms with Crippen molar-refractivity contribution in [3.63, 3.8) is 0 Å². The van der Waals surface area contributed by atoms with Gasteiger partial charge in [0.1, 0.15) is 0 Å². The Morgan fingerprint density at radius 3 is 1.55 bits per heavy atom. The molecule has 2 nitrogen and oxygen atoms in total. The van der Waals surface area contributed by atoms with E-state index >= 15 is 0 Å². The molecule has 0 saturated heterocycles. The average Bonchev–Trinajstić information content (AvgIpc) is 3.56. The zero-order valence-electron chi connectivity index (χ0n) is 35.1. The monoisotopic (exact) mass is 726 g/mol. The first-order chi connectivity index (χ1) is 27.9. The Labute approximate surface area is 333 Å². The van der Waals surface area contributed by atoms with Gasteiger partial charge in [-0.2, -0.15) is 0 Å². The molecule has 0 saturated carbocycles. The molecule has 2 heteroatoms. The van der Waals surface area contributed by atoms with Crippen molar-refractivity contribution in [3.8, 4) is 5.69 Å². The number of hydrogen-bond donors (Lipinski definition) is 0. The number of rotatable bonds is 6. The van der Waals surface area contributed by atoms with Crippen LogP contribution in [0.15, 0.2) is 170 Å². The first-order valence-corrected chi connectivity index (χ1v) is 19.6. The molecular formula is C54H48N2. The van der Waals surface area contributed by atoms with Crippen molar-refractivity contribution in [1.29, 1.82) is 0 Å². The summed E-state index contributed by atoms with van der Waals surface area (Å²) in [7, 11) is 0. The van der Waals surface area contributed by atoms with Crippen molar-refractivity contribution in [2.45, 2.75) is 52.4 Å². The molecule has 0 atom stereocenters. The van der Waals surface area contributed by atoms with Crippen molar-refractivity contribution in [2.24, 2.45) is 0 Å². The topological polar surface area (TPSA) is 8.17 Å². The number of fused-ring (bicyclic) bond motifs is 5. The molecule has 8 aromatic carbocycles. The molecule has 0 N–H and O–H groups in total. The predicted octanol–water partition coefficient (Wildman–Crippen LogP) is 15.3. The normalized spacial score (nSPS) is 13.2. The summed E-state index contributed by atoms with van der Waals surface area (Å²) in [6, 6.07) is 59.9. The Morgan fingerprint density at radius 1 is 0.411 bits per heavy atom. The minimum absolute atomic E-state index is 0.0851. The van der Waals surface area contributed by atoms with Crippen LogP contribution in [0.2, 0.25) is 0 Å². The van der Waals surface area contributed by atoms with Crippen LogP contribution in [0.25, 0.3) is 61.1 Å². The number of aromatic nitrogens is 1. The highest BCUT2D eigenvalue weighted by atomic mass is 15.1. The maximum absolute atomic E-state index is 9.39. The van der Waals surface area contributed by atoms with Crippen molar-refractivity contribution in [2.75, 3.05) is 4.90 Å². The molecule has 9 aromatic rings. The molecule has 0 bridgehead atoms. The third kappa shape index (κ3) is 6.26. The highest BCUT2D eigenvalue weighted by Gasteiger charge is 2.27. The number of para-hydroxylation sites is 3. The summed E-state index contributed by atoms with van der Waals surface area (Å²) >= 11 is 0. The molecule has 0 fully saturated rings. The number of anilines is 3. The molecular weight excluding hydrogens is 677 g/mol. The predicted molar refractivity (Wildman–Crippen MR) is 243 cm³/mol. The third-order valence-corrected chi connectivity index (χ3v) is 10.9. The maximum Gasteiger partial charge on any atom is 0.0629 e. The van der Waals surface area contributed by atoms with E-state index < -0.39 is 0 Å². The lowest BCUT2D eigenvalue weighted by molar-refractivity contribution is 0.593. The molecule has 0 unspecified atom stereocenters. The fraction of sp³-hybridized carbons (Fsp3) is 0.148. The first kappa shape index (κ1) is 33.0. The second-order valence-corrected chi connectivity index (χ2v) is 16.9. The van der Waals surface area contributed by atoms with Crippen LogP contribution < -0.4 is 4.90 Å². The van der Waals surface area contributed by atoms with Crippen LogP contribution >= 0.6 is 0 Å². The smallest absolute Gasteiger partial charge is 0.0629 e. The zero-order valence-corrected chi connectivity index (χ0v) is 33.1. The van der Waals surface area contributed by atoms with E-state index in [1.54, 1.807) is 0 Å². The van der Waals surface area contributed by atoms with Gasteiger partial charge in [0.25, 0.3) is 0 Å². The van der Waals surface area contributed by atoms with E-state index in [1.807, 2.05) is 24.3 Å². The van der Waals surface area contributed by atoms with Gasteiger partial charge >= 0.3 is 0 Å². The van der Waals surface area contributed by atoms with E-state index in [4.69, 9.17) is 0 Å². The van der Waals surface area contributed by atoms with Crippen LogP contribution in [-0.4, -0.2) is 4.57 Å². The fourth-order valence-corrected chi connectivity index (χ4v) is 8.69. The summed E-state index contributed by atoms with van der Waals surface area (Å²) < 4.78 is 21.1. The second kappa shape index (κ2) is 13.7. The number of hydrogen-bond acceptors (Lipinski definition) is 1. The Kier molecular flexibility index (Phi) is 8.09. The lowest BCUT2D eigenvalue weighted by Gasteiger charge is -2.30. The van der Waals surface area contributed by atoms with E-state index in [0.717, 1.165) is 39.2 Å². The molecule has 56 heavy (non-hydrogen) atoms. The standard InChI is InChI=1S/C54H48N2/c1-53(2,3)51-44-22-13-14-23-45(44)52(54(4,5)6)48-35-38(29-33-46(48)51)26-25-37-27-30-41(31-28-37)55(39-17-9-7-10-18-39)42-32-34-50-47(36-42)43-21-15-16-24-49(43)56(50)40-19-11-8-12-20-40/h7-36H,1-6H3/b26-25+/i25D,26D. The summed E-state index contributed by atoms with van der Waals surface area (Å²) in [6.07, 6.45) is 0. The van der Waals surface area contributed by atoms with Gasteiger partial charge in [-0.15, -0.1) is 0 Å². The Morgan fingerprint density at radius 2 is 0.893 bits per heavy atom. The third-order valence-electron chi connectivity index (χ3n) is 10.9. The molecule has 0 amide bonds. The Balaban J connectivity index is 1.14. The molecule has 0 radical (unpaired) electrons. The van der Waals surface area contributed by atoms with Gasteiger partial charge in [-0.25, -0.2) is 0 Å². The van der Waals surface area contributed by atoms with Gasteiger partial charge < -0.3 is 9.47 Å². The maximum atomic E-state index is 9.39. The van der Waals surface area contributed by atoms with Gasteiger partial charge in [-0.1, -0.05) is 157 Å². The lowest BCUT2D eigenvalue weighted by atomic mass is 9.74. The van der Waals surface area contributed by atoms with Gasteiger partial charge in [-0.3, -0.25) is 0 Å². The van der Waals surface area contributed by atoms with Gasteiger partial charge in [-0.05, 0) is 121 Å². The molecule has 0 aliphatic heterocycles. The van der Waals surface area contributed by atoms with E-state index in [2.05, 4.69) is 197 Å². The summed E-state index contributed by atoms with van der Waals surface area (Å²) in [5, 5.41) is 7.29. The summed E-state index contributed by atoms with van der Waals surface area (Å²) in [5.41, 5.74) is 10.3. The average molecular weight is 727 g/mol. The molecule has 9 rings (SSSR count). The highest BCUT2D eigenvalue weighted by molar-refractivity contribution is 6.11.